The highest BCUT2D eigenvalue weighted by Gasteiger charge is 2.36. The predicted molar refractivity (Wildman–Crippen MR) is 68.7 cm³/mol. The Morgan fingerprint density at radius 2 is 1.79 bits per heavy atom. The molecular weight excluding hydrogens is 274 g/mol. The van der Waals surface area contributed by atoms with Crippen molar-refractivity contribution in [1.82, 2.24) is 0 Å². The molecule has 1 aromatic rings. The maximum Gasteiger partial charge on any atom is 0.358 e. The minimum atomic E-state index is -3.27. The summed E-state index contributed by atoms with van der Waals surface area (Å²) in [5, 5.41) is 0. The average molecular weight is 292 g/mol. The molecule has 0 saturated heterocycles. The number of sulfone groups is 1. The zero-order chi connectivity index (χ0) is 14.7. The summed E-state index contributed by atoms with van der Waals surface area (Å²) in [5.74, 6) is -0.859. The Morgan fingerprint density at radius 1 is 1.26 bits per heavy atom. The van der Waals surface area contributed by atoms with Gasteiger partial charge in [0.15, 0.2) is 9.84 Å². The summed E-state index contributed by atoms with van der Waals surface area (Å²) >= 11 is 0. The molecular formula is C13H18F2O3S. The highest BCUT2D eigenvalue weighted by Crippen LogP contribution is 2.29. The van der Waals surface area contributed by atoms with Crippen LogP contribution in [0.4, 0.5) is 8.78 Å². The summed E-state index contributed by atoms with van der Waals surface area (Å²) in [6.45, 7) is 2.84. The number of hydrogen-bond acceptors (Lipinski definition) is 3. The van der Waals surface area contributed by atoms with Gasteiger partial charge in [0.25, 0.3) is 0 Å². The first-order valence-electron chi connectivity index (χ1n) is 5.97. The summed E-state index contributed by atoms with van der Waals surface area (Å²) in [4.78, 5) is 0.157. The molecule has 0 aliphatic carbocycles. The molecule has 3 nitrogen and oxygen atoms in total. The van der Waals surface area contributed by atoms with Crippen molar-refractivity contribution >= 4 is 9.84 Å². The van der Waals surface area contributed by atoms with Crippen molar-refractivity contribution in [2.24, 2.45) is 5.92 Å². The predicted octanol–water partition coefficient (Wildman–Crippen LogP) is 3.25. The minimum Gasteiger partial charge on any atom is -0.315 e. The maximum atomic E-state index is 13.5. The minimum absolute atomic E-state index is 0.157. The van der Waals surface area contributed by atoms with Crippen molar-refractivity contribution in [3.8, 4) is 0 Å². The van der Waals surface area contributed by atoms with Crippen LogP contribution in [0.1, 0.15) is 25.8 Å². The highest BCUT2D eigenvalue weighted by atomic mass is 32.2. The summed E-state index contributed by atoms with van der Waals surface area (Å²) in [6, 6.07) is 5.72. The summed E-state index contributed by atoms with van der Waals surface area (Å²) < 4.78 is 54.0. The van der Waals surface area contributed by atoms with Gasteiger partial charge in [-0.05, 0) is 24.1 Å². The van der Waals surface area contributed by atoms with Gasteiger partial charge < -0.3 is 4.74 Å². The number of benzene rings is 1. The number of alkyl halides is 2. The Hall–Kier alpha value is -1.01. The molecule has 0 N–H and O–H groups in total. The largest absolute Gasteiger partial charge is 0.358 e. The number of ether oxygens (including phenoxy) is 1. The second-order valence-electron chi connectivity index (χ2n) is 4.58. The molecule has 0 fully saturated rings. The second kappa shape index (κ2) is 5.96. The molecule has 1 aromatic carbocycles. The van der Waals surface area contributed by atoms with E-state index in [0.717, 1.165) is 6.26 Å². The third-order valence-electron chi connectivity index (χ3n) is 2.97. The van der Waals surface area contributed by atoms with Crippen molar-refractivity contribution in [1.29, 1.82) is 0 Å². The van der Waals surface area contributed by atoms with E-state index in [9.17, 15) is 17.2 Å². The Bertz CT molecular complexity index is 509. The molecule has 0 spiro atoms. The second-order valence-corrected chi connectivity index (χ2v) is 6.59. The molecule has 108 valence electrons. The Balaban J connectivity index is 2.70. The van der Waals surface area contributed by atoms with E-state index < -0.39 is 21.9 Å². The lowest BCUT2D eigenvalue weighted by molar-refractivity contribution is -0.275. The first kappa shape index (κ1) is 16.0. The molecule has 0 aliphatic heterocycles. The van der Waals surface area contributed by atoms with E-state index in [4.69, 9.17) is 0 Å². The fraction of sp³-hybridized carbons (Fsp3) is 0.538. The van der Waals surface area contributed by atoms with Crippen LogP contribution in [-0.2, 0) is 21.2 Å². The number of rotatable bonds is 6. The highest BCUT2D eigenvalue weighted by molar-refractivity contribution is 7.90. The summed E-state index contributed by atoms with van der Waals surface area (Å²) in [6.07, 6.45) is -1.76. The third kappa shape index (κ3) is 4.54. The van der Waals surface area contributed by atoms with E-state index in [0.29, 0.717) is 12.0 Å². The molecule has 1 atom stereocenters. The Morgan fingerprint density at radius 3 is 2.21 bits per heavy atom. The van der Waals surface area contributed by atoms with E-state index in [2.05, 4.69) is 4.74 Å². The zero-order valence-corrected chi connectivity index (χ0v) is 12.0. The monoisotopic (exact) mass is 292 g/mol. The summed E-state index contributed by atoms with van der Waals surface area (Å²) in [5.41, 5.74) is 0.510. The fourth-order valence-corrected chi connectivity index (χ4v) is 2.02. The van der Waals surface area contributed by atoms with Crippen LogP contribution in [0.5, 0.6) is 0 Å². The molecule has 6 heteroatoms. The van der Waals surface area contributed by atoms with Crippen molar-refractivity contribution in [2.75, 3.05) is 6.26 Å². The van der Waals surface area contributed by atoms with Crippen LogP contribution in [0.3, 0.4) is 0 Å². The maximum absolute atomic E-state index is 13.5. The SMILES string of the molecule is CCC(C)C(F)(F)OCc1ccc(S(C)(=O)=O)cc1. The molecule has 0 aromatic heterocycles. The van der Waals surface area contributed by atoms with Gasteiger partial charge in [0.05, 0.1) is 11.5 Å². The van der Waals surface area contributed by atoms with Gasteiger partial charge in [-0.25, -0.2) is 8.42 Å². The van der Waals surface area contributed by atoms with Gasteiger partial charge in [0.2, 0.25) is 0 Å². The van der Waals surface area contributed by atoms with Gasteiger partial charge in [-0.2, -0.15) is 8.78 Å². The Labute approximate surface area is 112 Å². The van der Waals surface area contributed by atoms with Crippen molar-refractivity contribution in [2.45, 2.75) is 37.9 Å². The van der Waals surface area contributed by atoms with Gasteiger partial charge >= 0.3 is 6.11 Å². The lowest BCUT2D eigenvalue weighted by Gasteiger charge is -2.22. The topological polar surface area (TPSA) is 43.4 Å². The average Bonchev–Trinajstić information content (AvgIpc) is 2.35. The lowest BCUT2D eigenvalue weighted by Crippen LogP contribution is -2.29. The van der Waals surface area contributed by atoms with Crippen molar-refractivity contribution < 1.29 is 21.9 Å². The first-order valence-corrected chi connectivity index (χ1v) is 7.86. The van der Waals surface area contributed by atoms with E-state index in [1.54, 1.807) is 6.92 Å². The van der Waals surface area contributed by atoms with Gasteiger partial charge in [-0.3, -0.25) is 0 Å². The van der Waals surface area contributed by atoms with Crippen LogP contribution in [-0.4, -0.2) is 20.8 Å². The van der Waals surface area contributed by atoms with Crippen LogP contribution < -0.4 is 0 Å². The van der Waals surface area contributed by atoms with Gasteiger partial charge in [0, 0.05) is 12.2 Å². The molecule has 0 aliphatic rings. The quantitative estimate of drug-likeness (QED) is 0.808. The fourth-order valence-electron chi connectivity index (χ4n) is 1.39. The molecule has 0 heterocycles. The molecule has 0 radical (unpaired) electrons. The molecule has 1 rings (SSSR count). The van der Waals surface area contributed by atoms with Crippen LogP contribution in [0.25, 0.3) is 0 Å². The van der Waals surface area contributed by atoms with E-state index >= 15 is 0 Å². The molecule has 19 heavy (non-hydrogen) atoms. The normalized spacial score (nSPS) is 14.4. The van der Waals surface area contributed by atoms with Crippen molar-refractivity contribution in [3.63, 3.8) is 0 Å². The van der Waals surface area contributed by atoms with Crippen LogP contribution >= 0.6 is 0 Å². The Kier molecular flexibility index (Phi) is 5.04. The van der Waals surface area contributed by atoms with Gasteiger partial charge in [-0.15, -0.1) is 0 Å². The third-order valence-corrected chi connectivity index (χ3v) is 4.10. The van der Waals surface area contributed by atoms with Gasteiger partial charge in [0.1, 0.15) is 0 Å². The van der Waals surface area contributed by atoms with E-state index in [-0.39, 0.29) is 11.5 Å². The van der Waals surface area contributed by atoms with E-state index in [1.807, 2.05) is 0 Å². The number of halogens is 2. The van der Waals surface area contributed by atoms with Crippen LogP contribution in [0.2, 0.25) is 0 Å². The van der Waals surface area contributed by atoms with E-state index in [1.165, 1.54) is 31.2 Å². The van der Waals surface area contributed by atoms with Crippen LogP contribution in [0, 0.1) is 5.92 Å². The standard InChI is InChI=1S/C13H18F2O3S/c1-4-10(2)13(14,15)18-9-11-5-7-12(8-6-11)19(3,16)17/h5-8,10H,4,9H2,1-3H3. The number of hydrogen-bond donors (Lipinski definition) is 0. The summed E-state index contributed by atoms with van der Waals surface area (Å²) in [7, 11) is -3.27. The molecule has 0 saturated carbocycles. The lowest BCUT2D eigenvalue weighted by atomic mass is 10.1. The molecule has 0 bridgehead atoms. The van der Waals surface area contributed by atoms with Crippen molar-refractivity contribution in [3.05, 3.63) is 29.8 Å². The molecule has 1 unspecified atom stereocenters. The first-order chi connectivity index (χ1) is 8.66. The molecule has 0 amide bonds. The zero-order valence-electron chi connectivity index (χ0n) is 11.2. The van der Waals surface area contributed by atoms with Gasteiger partial charge in [-0.1, -0.05) is 26.0 Å². The smallest absolute Gasteiger partial charge is 0.315 e. The van der Waals surface area contributed by atoms with Crippen LogP contribution in [0.15, 0.2) is 29.2 Å².